The first-order valence-corrected chi connectivity index (χ1v) is 22.1. The second-order valence-electron chi connectivity index (χ2n) is 17.4. The van der Waals surface area contributed by atoms with E-state index in [0.717, 1.165) is 87.6 Å². The number of benzene rings is 4. The number of aromatic amines is 2. The molecule has 4 N–H and O–H groups in total. The predicted octanol–water partition coefficient (Wildman–Crippen LogP) is 8.64. The lowest BCUT2D eigenvalue weighted by molar-refractivity contribution is -0.138. The molecule has 2 fully saturated rings. The van der Waals surface area contributed by atoms with Gasteiger partial charge in [-0.25, -0.2) is 19.6 Å². The zero-order chi connectivity index (χ0) is 44.8. The molecule has 1 unspecified atom stereocenters. The minimum absolute atomic E-state index is 0.0201. The van der Waals surface area contributed by atoms with Crippen LogP contribution in [0.5, 0.6) is 5.75 Å². The number of ether oxygens (including phenoxy) is 3. The van der Waals surface area contributed by atoms with Crippen molar-refractivity contribution in [3.8, 4) is 28.1 Å². The standard InChI is InChI=1S/C49H54N8O7/c1-7-32-16-20-39(57(32)47(59)42(55-49(61)63-6)28-11-9-8-10-12-28)45-51-36-18-15-29-22-35-33-17-14-30(21-31(33)25-64-40(35)23-34(29)43(36)53-45)37-24-50-44(52-37)38-19-13-27(4)56(38)46(58)41(26(2)3)54-48(60)62-5/h8-12,14-15,17-18,21-24,26-27,32,38-39,41-42H,7,13,16,19-20,25H2,1-6H3,(H,50,52)(H,51,53)(H,54,60)(H,55,61)/t27-,32-,38-,39-,41?,42+/m0/s1. The summed E-state index contributed by atoms with van der Waals surface area (Å²) in [5.74, 6) is 1.68. The SMILES string of the molecule is CC[C@H]1CC[C@@H](c2nc3c(ccc4cc5c(cc43)OCc3cc(-c4cnc([C@@H]6CC[C@H](C)N6C(=O)C(NC(=O)OC)C(C)C)[nH]4)ccc3-5)[nH]2)N1C(=O)[C@H](NC(=O)OC)c1ccccc1. The van der Waals surface area contributed by atoms with Gasteiger partial charge in [-0.1, -0.05) is 69.3 Å². The van der Waals surface area contributed by atoms with Gasteiger partial charge < -0.3 is 44.6 Å². The Hall–Kier alpha value is -6.90. The Bertz CT molecular complexity index is 2750. The Labute approximate surface area is 371 Å². The number of rotatable bonds is 10. The monoisotopic (exact) mass is 866 g/mol. The van der Waals surface area contributed by atoms with Crippen molar-refractivity contribution < 1.29 is 33.4 Å². The summed E-state index contributed by atoms with van der Waals surface area (Å²) in [6.45, 7) is 8.29. The van der Waals surface area contributed by atoms with E-state index in [2.05, 4.69) is 63.9 Å². The summed E-state index contributed by atoms with van der Waals surface area (Å²) >= 11 is 0. The Kier molecular flexibility index (Phi) is 11.5. The molecule has 2 saturated heterocycles. The molecule has 15 nitrogen and oxygen atoms in total. The van der Waals surface area contributed by atoms with E-state index in [4.69, 9.17) is 24.2 Å². The second kappa shape index (κ2) is 17.3. The van der Waals surface area contributed by atoms with Gasteiger partial charge in [-0.05, 0) is 96.9 Å². The molecule has 3 aliphatic heterocycles. The van der Waals surface area contributed by atoms with Crippen molar-refractivity contribution in [1.29, 1.82) is 0 Å². The molecule has 0 aliphatic carbocycles. The molecule has 6 aromatic rings. The Morgan fingerprint density at radius 3 is 2.33 bits per heavy atom. The third kappa shape index (κ3) is 7.66. The molecular formula is C49H54N8O7. The fraction of sp³-hybridized carbons (Fsp3) is 0.388. The molecule has 6 atom stereocenters. The van der Waals surface area contributed by atoms with Crippen LogP contribution in [0, 0.1) is 5.92 Å². The Morgan fingerprint density at radius 1 is 0.828 bits per heavy atom. The predicted molar refractivity (Wildman–Crippen MR) is 241 cm³/mol. The van der Waals surface area contributed by atoms with Crippen molar-refractivity contribution in [1.82, 2.24) is 40.4 Å². The number of nitrogens with one attached hydrogen (secondary N) is 4. The minimum Gasteiger partial charge on any atom is -0.488 e. The third-order valence-electron chi connectivity index (χ3n) is 13.3. The Balaban J connectivity index is 0.979. The highest BCUT2D eigenvalue weighted by Crippen LogP contribution is 2.44. The van der Waals surface area contributed by atoms with Crippen LogP contribution in [0.4, 0.5) is 9.59 Å². The summed E-state index contributed by atoms with van der Waals surface area (Å²) in [6.07, 6.45) is 4.38. The lowest BCUT2D eigenvalue weighted by atomic mass is 9.92. The van der Waals surface area contributed by atoms with Gasteiger partial charge in [0, 0.05) is 23.0 Å². The quantitative estimate of drug-likeness (QED) is 0.105. The van der Waals surface area contributed by atoms with Crippen LogP contribution in [-0.2, 0) is 25.7 Å². The van der Waals surface area contributed by atoms with Gasteiger partial charge >= 0.3 is 12.2 Å². The van der Waals surface area contributed by atoms with Gasteiger partial charge in [0.1, 0.15) is 36.1 Å². The molecule has 4 aromatic carbocycles. The van der Waals surface area contributed by atoms with E-state index >= 15 is 0 Å². The first-order chi connectivity index (χ1) is 31.0. The topological polar surface area (TPSA) is 184 Å². The van der Waals surface area contributed by atoms with Crippen LogP contribution in [0.1, 0.15) is 101 Å². The molecule has 4 amide bonds. The molecule has 0 bridgehead atoms. The number of hydrogen-bond donors (Lipinski definition) is 4. The van der Waals surface area contributed by atoms with Crippen LogP contribution in [0.2, 0.25) is 0 Å². The van der Waals surface area contributed by atoms with E-state index in [-0.39, 0.29) is 41.9 Å². The molecule has 15 heteroatoms. The first-order valence-electron chi connectivity index (χ1n) is 22.1. The summed E-state index contributed by atoms with van der Waals surface area (Å²) < 4.78 is 16.2. The largest absolute Gasteiger partial charge is 0.488 e. The van der Waals surface area contributed by atoms with Crippen LogP contribution in [0.15, 0.2) is 79.0 Å². The van der Waals surface area contributed by atoms with E-state index < -0.39 is 24.3 Å². The van der Waals surface area contributed by atoms with Gasteiger partial charge in [-0.15, -0.1) is 0 Å². The highest BCUT2D eigenvalue weighted by atomic mass is 16.5. The summed E-state index contributed by atoms with van der Waals surface area (Å²) in [5.41, 5.74) is 7.22. The number of amides is 4. The molecule has 9 rings (SSSR count). The minimum atomic E-state index is -0.918. The van der Waals surface area contributed by atoms with E-state index in [9.17, 15) is 19.2 Å². The average molecular weight is 867 g/mol. The number of fused-ring (bicyclic) bond motifs is 6. The van der Waals surface area contributed by atoms with E-state index in [1.807, 2.05) is 73.2 Å². The number of carbonyl (C=O) groups excluding carboxylic acids is 4. The van der Waals surface area contributed by atoms with Crippen LogP contribution in [0.25, 0.3) is 44.2 Å². The van der Waals surface area contributed by atoms with Crippen LogP contribution >= 0.6 is 0 Å². The fourth-order valence-electron chi connectivity index (χ4n) is 9.91. The lowest BCUT2D eigenvalue weighted by Crippen LogP contribution is -2.52. The summed E-state index contributed by atoms with van der Waals surface area (Å²) in [5, 5.41) is 7.45. The van der Waals surface area contributed by atoms with E-state index in [1.54, 1.807) is 0 Å². The second-order valence-corrected chi connectivity index (χ2v) is 17.4. The number of methoxy groups -OCH3 is 2. The molecule has 0 spiro atoms. The van der Waals surface area contributed by atoms with Gasteiger partial charge in [-0.2, -0.15) is 0 Å². The highest BCUT2D eigenvalue weighted by molar-refractivity contribution is 6.07. The molecule has 2 aromatic heterocycles. The molecule has 5 heterocycles. The zero-order valence-corrected chi connectivity index (χ0v) is 36.9. The number of hydrogen-bond acceptors (Lipinski definition) is 9. The number of imidazole rings is 2. The van der Waals surface area contributed by atoms with Crippen molar-refractivity contribution in [3.63, 3.8) is 0 Å². The molecule has 64 heavy (non-hydrogen) atoms. The highest BCUT2D eigenvalue weighted by Gasteiger charge is 2.43. The van der Waals surface area contributed by atoms with Crippen molar-refractivity contribution in [3.05, 3.63) is 102 Å². The van der Waals surface area contributed by atoms with E-state index in [0.29, 0.717) is 23.8 Å². The van der Waals surface area contributed by atoms with Crippen LogP contribution in [-0.4, -0.2) is 86.1 Å². The smallest absolute Gasteiger partial charge is 0.407 e. The molecule has 332 valence electrons. The number of H-pyrrole nitrogens is 2. The van der Waals surface area contributed by atoms with E-state index in [1.165, 1.54) is 14.2 Å². The van der Waals surface area contributed by atoms with Gasteiger partial charge in [0.05, 0.1) is 49.2 Å². The maximum atomic E-state index is 14.5. The molecular weight excluding hydrogens is 813 g/mol. The molecule has 0 saturated carbocycles. The summed E-state index contributed by atoms with van der Waals surface area (Å²) in [6, 6.07) is 21.6. The normalized spacial score (nSPS) is 20.1. The number of likely N-dealkylation sites (tertiary alicyclic amines) is 2. The van der Waals surface area contributed by atoms with Gasteiger partial charge in [0.25, 0.3) is 5.91 Å². The average Bonchev–Trinajstić information content (AvgIpc) is 4.14. The number of carbonyl (C=O) groups is 4. The Morgan fingerprint density at radius 2 is 1.58 bits per heavy atom. The van der Waals surface area contributed by atoms with Gasteiger partial charge in [-0.3, -0.25) is 9.59 Å². The number of nitrogens with zero attached hydrogens (tertiary/aromatic N) is 4. The molecule has 0 radical (unpaired) electrons. The number of aromatic nitrogens is 4. The van der Waals surface area contributed by atoms with Crippen molar-refractivity contribution in [2.45, 2.75) is 103 Å². The lowest BCUT2D eigenvalue weighted by Gasteiger charge is -2.32. The van der Waals surface area contributed by atoms with Crippen molar-refractivity contribution >= 4 is 45.8 Å². The first kappa shape index (κ1) is 42.4. The third-order valence-corrected chi connectivity index (χ3v) is 13.3. The van der Waals surface area contributed by atoms with Gasteiger partial charge in [0.15, 0.2) is 0 Å². The summed E-state index contributed by atoms with van der Waals surface area (Å²) in [7, 11) is 2.58. The maximum Gasteiger partial charge on any atom is 0.407 e. The molecule has 3 aliphatic rings. The van der Waals surface area contributed by atoms with Crippen molar-refractivity contribution in [2.24, 2.45) is 5.92 Å². The van der Waals surface area contributed by atoms with Crippen LogP contribution in [0.3, 0.4) is 0 Å². The van der Waals surface area contributed by atoms with Crippen molar-refractivity contribution in [2.75, 3.05) is 14.2 Å². The fourth-order valence-corrected chi connectivity index (χ4v) is 9.91. The number of alkyl carbamates (subject to hydrolysis) is 2. The summed E-state index contributed by atoms with van der Waals surface area (Å²) in [4.78, 5) is 73.7. The van der Waals surface area contributed by atoms with Crippen LogP contribution < -0.4 is 15.4 Å². The van der Waals surface area contributed by atoms with Gasteiger partial charge in [0.2, 0.25) is 5.91 Å². The zero-order valence-electron chi connectivity index (χ0n) is 36.9. The maximum absolute atomic E-state index is 14.5.